The van der Waals surface area contributed by atoms with Crippen LogP contribution in [0.3, 0.4) is 0 Å². The zero-order chi connectivity index (χ0) is 28.5. The molecule has 1 fully saturated rings. The van der Waals surface area contributed by atoms with Crippen LogP contribution in [-0.2, 0) is 12.4 Å². The van der Waals surface area contributed by atoms with E-state index in [0.717, 1.165) is 74.5 Å². The van der Waals surface area contributed by atoms with Crippen molar-refractivity contribution < 1.29 is 26.3 Å². The van der Waals surface area contributed by atoms with E-state index in [0.29, 0.717) is 23.5 Å². The van der Waals surface area contributed by atoms with Crippen LogP contribution in [0.1, 0.15) is 60.8 Å². The minimum Gasteiger partial charge on any atom is -0.361 e. The molecule has 214 valence electrons. The van der Waals surface area contributed by atoms with Gasteiger partial charge in [0.1, 0.15) is 5.66 Å². The molecule has 3 aromatic carbocycles. The van der Waals surface area contributed by atoms with Gasteiger partial charge in [-0.3, -0.25) is 0 Å². The van der Waals surface area contributed by atoms with Gasteiger partial charge in [0.25, 0.3) is 0 Å². The van der Waals surface area contributed by atoms with Crippen molar-refractivity contribution in [2.75, 3.05) is 30.3 Å². The van der Waals surface area contributed by atoms with Crippen LogP contribution >= 0.6 is 0 Å². The first-order valence-corrected chi connectivity index (χ1v) is 13.6. The van der Waals surface area contributed by atoms with E-state index in [2.05, 4.69) is 34.6 Å². The second-order valence-corrected chi connectivity index (χ2v) is 11.0. The van der Waals surface area contributed by atoms with E-state index >= 15 is 0 Å². The molecule has 3 nitrogen and oxygen atoms in total. The summed E-state index contributed by atoms with van der Waals surface area (Å²) in [4.78, 5) is 2.40. The van der Waals surface area contributed by atoms with E-state index in [4.69, 9.17) is 0 Å². The largest absolute Gasteiger partial charge is 0.416 e. The molecular weight excluding hydrogens is 528 g/mol. The van der Waals surface area contributed by atoms with Crippen molar-refractivity contribution in [1.29, 1.82) is 0 Å². The Kier molecular flexibility index (Phi) is 7.79. The molecule has 1 saturated heterocycles. The molecule has 2 aliphatic heterocycles. The summed E-state index contributed by atoms with van der Waals surface area (Å²) < 4.78 is 78.6. The maximum absolute atomic E-state index is 13.1. The Balaban J connectivity index is 1.21. The quantitative estimate of drug-likeness (QED) is 0.283. The molecule has 2 heterocycles. The lowest BCUT2D eigenvalue weighted by Crippen LogP contribution is -2.50. The molecular formula is C31H33F6N3. The smallest absolute Gasteiger partial charge is 0.361 e. The molecule has 40 heavy (non-hydrogen) atoms. The van der Waals surface area contributed by atoms with E-state index in [9.17, 15) is 26.3 Å². The van der Waals surface area contributed by atoms with Gasteiger partial charge in [0.2, 0.25) is 0 Å². The Morgan fingerprint density at radius 2 is 1.20 bits per heavy atom. The van der Waals surface area contributed by atoms with Gasteiger partial charge in [-0.25, -0.2) is 0 Å². The first-order chi connectivity index (χ1) is 18.9. The van der Waals surface area contributed by atoms with E-state index in [1.165, 1.54) is 24.3 Å². The Bertz CT molecular complexity index is 1190. The van der Waals surface area contributed by atoms with E-state index < -0.39 is 23.5 Å². The first-order valence-electron chi connectivity index (χ1n) is 13.6. The maximum Gasteiger partial charge on any atom is 0.416 e. The average Bonchev–Trinajstić information content (AvgIpc) is 3.28. The van der Waals surface area contributed by atoms with Crippen LogP contribution < -0.4 is 10.6 Å². The number of para-hydroxylation sites is 2. The van der Waals surface area contributed by atoms with E-state index in [1.807, 2.05) is 12.1 Å². The van der Waals surface area contributed by atoms with E-state index in [-0.39, 0.29) is 11.6 Å². The first kappa shape index (κ1) is 28.3. The number of nitrogens with zero attached hydrogens (tertiary/aromatic N) is 1. The summed E-state index contributed by atoms with van der Waals surface area (Å²) in [5, 5.41) is 7.29. The summed E-state index contributed by atoms with van der Waals surface area (Å²) in [5.41, 5.74) is 1.87. The van der Waals surface area contributed by atoms with E-state index in [1.54, 1.807) is 0 Å². The fraction of sp³-hybridized carbons (Fsp3) is 0.419. The molecule has 0 aromatic heterocycles. The van der Waals surface area contributed by atoms with Crippen molar-refractivity contribution in [3.05, 3.63) is 95.1 Å². The Labute approximate surface area is 230 Å². The van der Waals surface area contributed by atoms with Crippen LogP contribution in [-0.4, -0.2) is 30.2 Å². The molecule has 0 bridgehead atoms. The van der Waals surface area contributed by atoms with Crippen molar-refractivity contribution in [2.45, 2.75) is 56.5 Å². The predicted molar refractivity (Wildman–Crippen MR) is 145 cm³/mol. The van der Waals surface area contributed by atoms with Gasteiger partial charge in [-0.1, -0.05) is 36.4 Å². The monoisotopic (exact) mass is 561 g/mol. The molecule has 0 radical (unpaired) electrons. The standard InChI is InChI=1S/C31H33F6N3/c1-29(38-27-6-2-3-7-28(27)39-29)23-16-19-40(20-17-23)18-4-5-26(21-8-12-24(13-9-21)30(32,33)34)22-10-14-25(15-11-22)31(35,36)37/h2-3,6-15,23,26,38-39H,4-5,16-20H2,1H3. The van der Waals surface area contributed by atoms with Crippen molar-refractivity contribution in [3.8, 4) is 0 Å². The lowest BCUT2D eigenvalue weighted by molar-refractivity contribution is -0.138. The van der Waals surface area contributed by atoms with Crippen molar-refractivity contribution in [1.82, 2.24) is 4.90 Å². The zero-order valence-corrected chi connectivity index (χ0v) is 22.2. The number of nitrogens with one attached hydrogen (secondary N) is 2. The van der Waals surface area contributed by atoms with Crippen LogP contribution in [0.2, 0.25) is 0 Å². The molecule has 3 aromatic rings. The maximum atomic E-state index is 13.1. The fourth-order valence-corrected chi connectivity index (χ4v) is 6.08. The SMILES string of the molecule is CC1(C2CCN(CCCC(c3ccc(C(F)(F)F)cc3)c3ccc(C(F)(F)F)cc3)CC2)Nc2ccccc2N1. The highest BCUT2D eigenvalue weighted by atomic mass is 19.4. The van der Waals surface area contributed by atoms with Crippen molar-refractivity contribution in [3.63, 3.8) is 0 Å². The molecule has 0 aliphatic carbocycles. The van der Waals surface area contributed by atoms with Crippen LogP contribution in [0.5, 0.6) is 0 Å². The third kappa shape index (κ3) is 6.24. The Morgan fingerprint density at radius 1 is 0.750 bits per heavy atom. The Morgan fingerprint density at radius 3 is 1.62 bits per heavy atom. The predicted octanol–water partition coefficient (Wildman–Crippen LogP) is 8.60. The summed E-state index contributed by atoms with van der Waals surface area (Å²) in [6.45, 7) is 4.89. The number of alkyl halides is 6. The lowest BCUT2D eigenvalue weighted by atomic mass is 9.84. The molecule has 0 saturated carbocycles. The summed E-state index contributed by atoms with van der Waals surface area (Å²) in [6, 6.07) is 18.1. The van der Waals surface area contributed by atoms with Crippen LogP contribution in [0.25, 0.3) is 0 Å². The van der Waals surface area contributed by atoms with Gasteiger partial charge in [0.05, 0.1) is 22.5 Å². The number of piperidine rings is 1. The summed E-state index contributed by atoms with van der Waals surface area (Å²) in [7, 11) is 0. The second kappa shape index (κ2) is 11.0. The third-order valence-corrected chi connectivity index (χ3v) is 8.37. The molecule has 9 heteroatoms. The topological polar surface area (TPSA) is 27.3 Å². The van der Waals surface area contributed by atoms with Gasteiger partial charge >= 0.3 is 12.4 Å². The Hall–Kier alpha value is -3.20. The van der Waals surface area contributed by atoms with Gasteiger partial charge in [-0.15, -0.1) is 0 Å². The zero-order valence-electron chi connectivity index (χ0n) is 22.2. The summed E-state index contributed by atoms with van der Waals surface area (Å²) in [6.07, 6.45) is -5.46. The molecule has 0 spiro atoms. The normalized spacial score (nSPS) is 17.9. The molecule has 0 unspecified atom stereocenters. The van der Waals surface area contributed by atoms with Gasteiger partial charge in [-0.2, -0.15) is 26.3 Å². The fourth-order valence-electron chi connectivity index (χ4n) is 6.08. The molecule has 0 atom stereocenters. The number of fused-ring (bicyclic) bond motifs is 1. The lowest BCUT2D eigenvalue weighted by Gasteiger charge is -2.41. The molecule has 0 amide bonds. The molecule has 5 rings (SSSR count). The van der Waals surface area contributed by atoms with Crippen molar-refractivity contribution >= 4 is 11.4 Å². The summed E-state index contributed by atoms with van der Waals surface area (Å²) in [5.74, 6) is 0.148. The van der Waals surface area contributed by atoms with Crippen LogP contribution in [0.4, 0.5) is 37.7 Å². The van der Waals surface area contributed by atoms with Crippen molar-refractivity contribution in [2.24, 2.45) is 5.92 Å². The highest BCUT2D eigenvalue weighted by Gasteiger charge is 2.40. The second-order valence-electron chi connectivity index (χ2n) is 11.0. The van der Waals surface area contributed by atoms with Gasteiger partial charge in [0, 0.05) is 11.8 Å². The molecule has 2 N–H and O–H groups in total. The number of hydrogen-bond donors (Lipinski definition) is 2. The minimum atomic E-state index is -4.45. The number of halogens is 6. The highest BCUT2D eigenvalue weighted by Crippen LogP contribution is 2.41. The number of likely N-dealkylation sites (tertiary alicyclic amines) is 1. The van der Waals surface area contributed by atoms with Gasteiger partial charge in [-0.05, 0) is 99.8 Å². The van der Waals surface area contributed by atoms with Crippen LogP contribution in [0, 0.1) is 5.92 Å². The van der Waals surface area contributed by atoms with Gasteiger partial charge in [0.15, 0.2) is 0 Å². The third-order valence-electron chi connectivity index (χ3n) is 8.37. The summed E-state index contributed by atoms with van der Waals surface area (Å²) >= 11 is 0. The number of hydrogen-bond acceptors (Lipinski definition) is 3. The number of rotatable bonds is 7. The number of benzene rings is 3. The highest BCUT2D eigenvalue weighted by molar-refractivity contribution is 5.76. The minimum absolute atomic E-state index is 0.202. The van der Waals surface area contributed by atoms with Crippen LogP contribution in [0.15, 0.2) is 72.8 Å². The van der Waals surface area contributed by atoms with Gasteiger partial charge < -0.3 is 15.5 Å². The number of anilines is 2. The average molecular weight is 562 g/mol. The molecule has 2 aliphatic rings.